The Morgan fingerprint density at radius 3 is 2.36 bits per heavy atom. The minimum Gasteiger partial charge on any atom is -0.370 e. The molecule has 0 saturated heterocycles. The van der Waals surface area contributed by atoms with Crippen LogP contribution in [0.1, 0.15) is 31.7 Å². The molecule has 0 aliphatic rings. The number of carbonyl (C=O) groups is 2. The van der Waals surface area contributed by atoms with Gasteiger partial charge in [-0.3, -0.25) is 14.5 Å². The van der Waals surface area contributed by atoms with Crippen molar-refractivity contribution in [3.8, 4) is 0 Å². The van der Waals surface area contributed by atoms with Gasteiger partial charge in [-0.25, -0.2) is 0 Å². The Hall–Kier alpha value is -1.53. The number of primary amides is 2. The maximum absolute atomic E-state index is 12.1. The molecule has 1 rings (SSSR count). The van der Waals surface area contributed by atoms with Crippen LogP contribution in [0, 0.1) is 0 Å². The second-order valence-corrected chi connectivity index (χ2v) is 6.59. The van der Waals surface area contributed by atoms with Crippen molar-refractivity contribution in [1.82, 2.24) is 4.90 Å². The van der Waals surface area contributed by atoms with E-state index in [-0.39, 0.29) is 6.42 Å². The van der Waals surface area contributed by atoms with Crippen LogP contribution in [-0.2, 0) is 15.3 Å². The summed E-state index contributed by atoms with van der Waals surface area (Å²) in [5.41, 5.74) is 12.1. The third kappa shape index (κ3) is 5.03. The van der Waals surface area contributed by atoms with Crippen LogP contribution in [0.5, 0.6) is 0 Å². The van der Waals surface area contributed by atoms with Crippen LogP contribution < -0.4 is 11.5 Å². The minimum absolute atomic E-state index is 0.0833. The maximum Gasteiger partial charge on any atom is 0.248 e. The average Bonchev–Trinajstić information content (AvgIpc) is 2.49. The highest BCUT2D eigenvalue weighted by molar-refractivity contribution is 8.00. The summed E-state index contributed by atoms with van der Waals surface area (Å²) >= 11 is 1.37. The number of likely N-dealkylation sites (N-methyl/N-ethyl adjacent to an activating group) is 1. The molecule has 0 radical (unpaired) electrons. The standard InChI is InChI=1S/C16H25N3O2S/c1-3-4-10-19(2)16(15(18)21,11-14(17)20)22-12-13-8-6-5-7-9-13/h5-9H,3-4,10-12H2,1-2H3,(H2,17,20)(H2,18,21)/t16-/m1/s1. The molecule has 1 aromatic rings. The van der Waals surface area contributed by atoms with Crippen molar-refractivity contribution in [3.63, 3.8) is 0 Å². The van der Waals surface area contributed by atoms with Crippen molar-refractivity contribution in [2.45, 2.75) is 36.8 Å². The Balaban J connectivity index is 2.96. The van der Waals surface area contributed by atoms with Crippen LogP contribution in [-0.4, -0.2) is 35.2 Å². The quantitative estimate of drug-likeness (QED) is 0.641. The van der Waals surface area contributed by atoms with Gasteiger partial charge in [0.15, 0.2) is 4.87 Å². The van der Waals surface area contributed by atoms with Gasteiger partial charge in [-0.1, -0.05) is 43.7 Å². The van der Waals surface area contributed by atoms with Crippen molar-refractivity contribution in [3.05, 3.63) is 35.9 Å². The molecule has 0 unspecified atom stereocenters. The molecule has 0 bridgehead atoms. The second-order valence-electron chi connectivity index (χ2n) is 5.34. The molecule has 0 aliphatic heterocycles. The summed E-state index contributed by atoms with van der Waals surface area (Å²) < 4.78 is 0. The van der Waals surface area contributed by atoms with Crippen molar-refractivity contribution in [2.24, 2.45) is 11.5 Å². The first kappa shape index (κ1) is 18.5. The van der Waals surface area contributed by atoms with E-state index >= 15 is 0 Å². The topological polar surface area (TPSA) is 89.4 Å². The third-order valence-electron chi connectivity index (χ3n) is 3.58. The Labute approximate surface area is 136 Å². The molecule has 2 amide bonds. The lowest BCUT2D eigenvalue weighted by molar-refractivity contribution is -0.129. The van der Waals surface area contributed by atoms with Gasteiger partial charge in [0.1, 0.15) is 0 Å². The summed E-state index contributed by atoms with van der Waals surface area (Å²) in [7, 11) is 1.82. The number of carbonyl (C=O) groups excluding carboxylic acids is 2. The normalized spacial score (nSPS) is 13.8. The molecule has 22 heavy (non-hydrogen) atoms. The molecule has 0 aromatic heterocycles. The molecular weight excluding hydrogens is 298 g/mol. The molecule has 0 fully saturated rings. The first-order valence-electron chi connectivity index (χ1n) is 7.39. The van der Waals surface area contributed by atoms with E-state index in [2.05, 4.69) is 6.92 Å². The summed E-state index contributed by atoms with van der Waals surface area (Å²) in [4.78, 5) is 24.4. The Bertz CT molecular complexity index is 495. The summed E-state index contributed by atoms with van der Waals surface area (Å²) in [6.45, 7) is 2.76. The number of rotatable bonds is 10. The highest BCUT2D eigenvalue weighted by Crippen LogP contribution is 2.35. The third-order valence-corrected chi connectivity index (χ3v) is 5.20. The Kier molecular flexibility index (Phi) is 7.41. The Morgan fingerprint density at radius 1 is 1.23 bits per heavy atom. The fourth-order valence-corrected chi connectivity index (χ4v) is 3.53. The van der Waals surface area contributed by atoms with Crippen LogP contribution in [0.2, 0.25) is 0 Å². The van der Waals surface area contributed by atoms with Gasteiger partial charge in [0, 0.05) is 5.75 Å². The smallest absolute Gasteiger partial charge is 0.248 e. The lowest BCUT2D eigenvalue weighted by Crippen LogP contribution is -2.55. The summed E-state index contributed by atoms with van der Waals surface area (Å²) in [5, 5.41) is 0. The van der Waals surface area contributed by atoms with E-state index in [1.165, 1.54) is 11.8 Å². The molecule has 5 nitrogen and oxygen atoms in total. The van der Waals surface area contributed by atoms with Gasteiger partial charge in [-0.15, -0.1) is 11.8 Å². The van der Waals surface area contributed by atoms with E-state index in [1.54, 1.807) is 0 Å². The fraction of sp³-hybridized carbons (Fsp3) is 0.500. The van der Waals surface area contributed by atoms with E-state index in [0.29, 0.717) is 12.3 Å². The van der Waals surface area contributed by atoms with E-state index in [4.69, 9.17) is 11.5 Å². The van der Waals surface area contributed by atoms with Crippen molar-refractivity contribution < 1.29 is 9.59 Å². The fourth-order valence-electron chi connectivity index (χ4n) is 2.23. The molecule has 4 N–H and O–H groups in total. The largest absolute Gasteiger partial charge is 0.370 e. The number of amides is 2. The van der Waals surface area contributed by atoms with E-state index in [9.17, 15) is 9.59 Å². The number of hydrogen-bond donors (Lipinski definition) is 2. The van der Waals surface area contributed by atoms with E-state index in [0.717, 1.165) is 18.4 Å². The van der Waals surface area contributed by atoms with E-state index < -0.39 is 16.7 Å². The van der Waals surface area contributed by atoms with Gasteiger partial charge in [-0.05, 0) is 25.6 Å². The van der Waals surface area contributed by atoms with E-state index in [1.807, 2.05) is 42.3 Å². The number of thioether (sulfide) groups is 1. The highest BCUT2D eigenvalue weighted by Gasteiger charge is 2.42. The molecule has 1 atom stereocenters. The Morgan fingerprint density at radius 2 is 1.86 bits per heavy atom. The van der Waals surface area contributed by atoms with Crippen molar-refractivity contribution in [2.75, 3.05) is 13.6 Å². The van der Waals surface area contributed by atoms with Crippen LogP contribution in [0.3, 0.4) is 0 Å². The van der Waals surface area contributed by atoms with Crippen LogP contribution >= 0.6 is 11.8 Å². The number of benzene rings is 1. The summed E-state index contributed by atoms with van der Waals surface area (Å²) in [6, 6.07) is 9.78. The molecule has 0 saturated carbocycles. The molecular formula is C16H25N3O2S. The van der Waals surface area contributed by atoms with Crippen LogP contribution in [0.4, 0.5) is 0 Å². The van der Waals surface area contributed by atoms with Gasteiger partial charge in [0.25, 0.3) is 0 Å². The molecule has 0 heterocycles. The SMILES string of the molecule is CCCCN(C)[C@](CC(N)=O)(SCc1ccccc1)C(N)=O. The van der Waals surface area contributed by atoms with Crippen molar-refractivity contribution >= 4 is 23.6 Å². The number of nitrogens with zero attached hydrogens (tertiary/aromatic N) is 1. The lowest BCUT2D eigenvalue weighted by Gasteiger charge is -2.38. The highest BCUT2D eigenvalue weighted by atomic mass is 32.2. The van der Waals surface area contributed by atoms with Gasteiger partial charge in [-0.2, -0.15) is 0 Å². The molecule has 1 aromatic carbocycles. The number of nitrogens with two attached hydrogens (primary N) is 2. The number of unbranched alkanes of at least 4 members (excludes halogenated alkanes) is 1. The zero-order valence-electron chi connectivity index (χ0n) is 13.2. The molecule has 0 spiro atoms. The molecule has 0 aliphatic carbocycles. The van der Waals surface area contributed by atoms with Crippen molar-refractivity contribution in [1.29, 1.82) is 0 Å². The molecule has 6 heteroatoms. The van der Waals surface area contributed by atoms with Gasteiger partial charge >= 0.3 is 0 Å². The monoisotopic (exact) mass is 323 g/mol. The summed E-state index contributed by atoms with van der Waals surface area (Å²) in [5.74, 6) is -0.457. The zero-order valence-corrected chi connectivity index (χ0v) is 14.1. The lowest BCUT2D eigenvalue weighted by atomic mass is 10.1. The minimum atomic E-state index is -1.10. The first-order chi connectivity index (χ1) is 10.4. The predicted octanol–water partition coefficient (Wildman–Crippen LogP) is 1.71. The van der Waals surface area contributed by atoms with Crippen LogP contribution in [0.25, 0.3) is 0 Å². The maximum atomic E-state index is 12.1. The van der Waals surface area contributed by atoms with Gasteiger partial charge in [0.2, 0.25) is 11.8 Å². The van der Waals surface area contributed by atoms with Gasteiger partial charge < -0.3 is 11.5 Å². The predicted molar refractivity (Wildman–Crippen MR) is 91.0 cm³/mol. The number of hydrogen-bond acceptors (Lipinski definition) is 4. The van der Waals surface area contributed by atoms with Crippen LogP contribution in [0.15, 0.2) is 30.3 Å². The summed E-state index contributed by atoms with van der Waals surface area (Å²) in [6.07, 6.45) is 1.84. The molecule has 122 valence electrons. The second kappa shape index (κ2) is 8.80. The van der Waals surface area contributed by atoms with Gasteiger partial charge in [0.05, 0.1) is 6.42 Å². The zero-order chi connectivity index (χ0) is 16.6. The first-order valence-corrected chi connectivity index (χ1v) is 8.38. The average molecular weight is 323 g/mol.